The van der Waals surface area contributed by atoms with Crippen LogP contribution in [0.15, 0.2) is 0 Å². The molecule has 0 radical (unpaired) electrons. The molecule has 0 aromatic rings. The third kappa shape index (κ3) is 2.92. The molecule has 94 valence electrons. The van der Waals surface area contributed by atoms with Gasteiger partial charge in [0.05, 0.1) is 12.2 Å². The molecule has 0 bridgehead atoms. The Morgan fingerprint density at radius 3 is 2.38 bits per heavy atom. The van der Waals surface area contributed by atoms with Gasteiger partial charge < -0.3 is 4.74 Å². The van der Waals surface area contributed by atoms with Gasteiger partial charge in [-0.15, -0.1) is 11.6 Å². The van der Waals surface area contributed by atoms with E-state index in [2.05, 4.69) is 20.8 Å². The first kappa shape index (κ1) is 12.7. The first-order valence-corrected chi connectivity index (χ1v) is 7.29. The maximum atomic E-state index is 6.26. The van der Waals surface area contributed by atoms with Gasteiger partial charge in [0.15, 0.2) is 0 Å². The summed E-state index contributed by atoms with van der Waals surface area (Å²) in [6.07, 6.45) is 7.07. The van der Waals surface area contributed by atoms with Gasteiger partial charge in [-0.25, -0.2) is 0 Å². The van der Waals surface area contributed by atoms with E-state index in [1.54, 1.807) is 0 Å². The molecule has 2 fully saturated rings. The molecule has 2 aliphatic rings. The zero-order valence-corrected chi connectivity index (χ0v) is 11.5. The Hall–Kier alpha value is 0.250. The Kier molecular flexibility index (Phi) is 4.18. The van der Waals surface area contributed by atoms with Crippen molar-refractivity contribution in [2.24, 2.45) is 17.8 Å². The highest BCUT2D eigenvalue weighted by molar-refractivity contribution is 6.21. The van der Waals surface area contributed by atoms with Gasteiger partial charge in [0.2, 0.25) is 0 Å². The van der Waals surface area contributed by atoms with Crippen molar-refractivity contribution in [1.82, 2.24) is 0 Å². The van der Waals surface area contributed by atoms with Crippen molar-refractivity contribution in [3.63, 3.8) is 0 Å². The van der Waals surface area contributed by atoms with Crippen molar-refractivity contribution in [2.75, 3.05) is 0 Å². The van der Waals surface area contributed by atoms with Crippen molar-refractivity contribution in [3.05, 3.63) is 0 Å². The van der Waals surface area contributed by atoms with Crippen LogP contribution in [0.25, 0.3) is 0 Å². The molecule has 2 saturated carbocycles. The van der Waals surface area contributed by atoms with E-state index in [9.17, 15) is 0 Å². The van der Waals surface area contributed by atoms with E-state index in [0.717, 1.165) is 30.6 Å². The quantitative estimate of drug-likeness (QED) is 0.675. The van der Waals surface area contributed by atoms with E-state index in [-0.39, 0.29) is 0 Å². The third-order valence-corrected chi connectivity index (χ3v) is 4.72. The molecule has 2 aliphatic carbocycles. The summed E-state index contributed by atoms with van der Waals surface area (Å²) in [5, 5.41) is 0.378. The fraction of sp³-hybridized carbons (Fsp3) is 1.00. The Balaban J connectivity index is 1.87. The van der Waals surface area contributed by atoms with Crippen LogP contribution in [0.1, 0.15) is 52.9 Å². The number of alkyl halides is 1. The highest BCUT2D eigenvalue weighted by Gasteiger charge is 2.36. The van der Waals surface area contributed by atoms with Crippen LogP contribution in [0.2, 0.25) is 0 Å². The lowest BCUT2D eigenvalue weighted by atomic mass is 9.75. The Morgan fingerprint density at radius 1 is 1.12 bits per heavy atom. The summed E-state index contributed by atoms with van der Waals surface area (Å²) in [6, 6.07) is 0. The number of rotatable bonds is 3. The average Bonchev–Trinajstić information content (AvgIpc) is 2.15. The van der Waals surface area contributed by atoms with E-state index in [0.29, 0.717) is 17.6 Å². The van der Waals surface area contributed by atoms with E-state index in [1.165, 1.54) is 19.3 Å². The standard InChI is InChI=1S/C14H25ClO/c1-9(2)13-5-4-10(3)6-14(13)16-12-7-11(15)8-12/h9-14H,4-8H2,1-3H3. The fourth-order valence-electron chi connectivity index (χ4n) is 3.13. The molecule has 3 atom stereocenters. The average molecular weight is 245 g/mol. The SMILES string of the molecule is CC1CCC(C(C)C)C(OC2CC(Cl)C2)C1. The monoisotopic (exact) mass is 244 g/mol. The Labute approximate surface area is 105 Å². The summed E-state index contributed by atoms with van der Waals surface area (Å²) in [5.74, 6) is 2.36. The largest absolute Gasteiger partial charge is 0.375 e. The van der Waals surface area contributed by atoms with Crippen molar-refractivity contribution < 1.29 is 4.74 Å². The molecule has 0 N–H and O–H groups in total. The molecule has 0 aliphatic heterocycles. The topological polar surface area (TPSA) is 9.23 Å². The van der Waals surface area contributed by atoms with E-state index in [4.69, 9.17) is 16.3 Å². The molecule has 2 heteroatoms. The van der Waals surface area contributed by atoms with Crippen molar-refractivity contribution in [2.45, 2.75) is 70.5 Å². The number of halogens is 1. The lowest BCUT2D eigenvalue weighted by Crippen LogP contribution is -2.41. The second-order valence-corrected chi connectivity index (χ2v) is 6.81. The smallest absolute Gasteiger partial charge is 0.0612 e. The second-order valence-electron chi connectivity index (χ2n) is 6.19. The summed E-state index contributed by atoms with van der Waals surface area (Å²) in [5.41, 5.74) is 0. The van der Waals surface area contributed by atoms with Crippen molar-refractivity contribution in [3.8, 4) is 0 Å². The molecule has 0 spiro atoms. The van der Waals surface area contributed by atoms with Crippen LogP contribution in [0.5, 0.6) is 0 Å². The van der Waals surface area contributed by atoms with Crippen LogP contribution in [-0.2, 0) is 4.74 Å². The van der Waals surface area contributed by atoms with Crippen molar-refractivity contribution >= 4 is 11.6 Å². The van der Waals surface area contributed by atoms with E-state index < -0.39 is 0 Å². The summed E-state index contributed by atoms with van der Waals surface area (Å²) in [7, 11) is 0. The van der Waals surface area contributed by atoms with Gasteiger partial charge in [0.1, 0.15) is 0 Å². The number of ether oxygens (including phenoxy) is 1. The normalized spacial score (nSPS) is 44.4. The second kappa shape index (κ2) is 5.27. The molecule has 0 amide bonds. The van der Waals surface area contributed by atoms with Crippen LogP contribution < -0.4 is 0 Å². The highest BCUT2D eigenvalue weighted by atomic mass is 35.5. The number of hydrogen-bond donors (Lipinski definition) is 0. The van der Waals surface area contributed by atoms with Crippen LogP contribution in [-0.4, -0.2) is 17.6 Å². The molecule has 3 unspecified atom stereocenters. The third-order valence-electron chi connectivity index (χ3n) is 4.37. The molecule has 2 rings (SSSR count). The van der Waals surface area contributed by atoms with Crippen molar-refractivity contribution in [1.29, 1.82) is 0 Å². The minimum absolute atomic E-state index is 0.378. The van der Waals surface area contributed by atoms with Gasteiger partial charge in [-0.2, -0.15) is 0 Å². The van der Waals surface area contributed by atoms with E-state index >= 15 is 0 Å². The van der Waals surface area contributed by atoms with Gasteiger partial charge in [0.25, 0.3) is 0 Å². The lowest BCUT2D eigenvalue weighted by Gasteiger charge is -2.42. The molecule has 0 aromatic carbocycles. The predicted molar refractivity (Wildman–Crippen MR) is 68.9 cm³/mol. The summed E-state index contributed by atoms with van der Waals surface area (Å²) < 4.78 is 6.26. The highest BCUT2D eigenvalue weighted by Crippen LogP contribution is 2.38. The first-order chi connectivity index (χ1) is 7.56. The lowest BCUT2D eigenvalue weighted by molar-refractivity contribution is -0.104. The van der Waals surface area contributed by atoms with Crippen LogP contribution in [0.3, 0.4) is 0 Å². The maximum absolute atomic E-state index is 6.26. The minimum Gasteiger partial charge on any atom is -0.375 e. The fourth-order valence-corrected chi connectivity index (χ4v) is 3.53. The summed E-state index contributed by atoms with van der Waals surface area (Å²) in [6.45, 7) is 7.03. The molecule has 0 heterocycles. The van der Waals surface area contributed by atoms with E-state index in [1.807, 2.05) is 0 Å². The number of hydrogen-bond acceptors (Lipinski definition) is 1. The first-order valence-electron chi connectivity index (χ1n) is 6.85. The van der Waals surface area contributed by atoms with Gasteiger partial charge in [-0.05, 0) is 43.4 Å². The van der Waals surface area contributed by atoms with Gasteiger partial charge in [0, 0.05) is 5.38 Å². The summed E-state index contributed by atoms with van der Waals surface area (Å²) >= 11 is 6.01. The molecular weight excluding hydrogens is 220 g/mol. The molecule has 1 nitrogen and oxygen atoms in total. The van der Waals surface area contributed by atoms with Crippen LogP contribution in [0, 0.1) is 17.8 Å². The Morgan fingerprint density at radius 2 is 1.81 bits per heavy atom. The molecule has 0 aromatic heterocycles. The van der Waals surface area contributed by atoms with Gasteiger partial charge in [-0.3, -0.25) is 0 Å². The zero-order chi connectivity index (χ0) is 11.7. The summed E-state index contributed by atoms with van der Waals surface area (Å²) in [4.78, 5) is 0. The molecule has 0 saturated heterocycles. The van der Waals surface area contributed by atoms with Gasteiger partial charge >= 0.3 is 0 Å². The molecular formula is C14H25ClO. The maximum Gasteiger partial charge on any atom is 0.0612 e. The minimum atomic E-state index is 0.378. The van der Waals surface area contributed by atoms with Crippen LogP contribution >= 0.6 is 11.6 Å². The Bertz CT molecular complexity index is 223. The molecule has 16 heavy (non-hydrogen) atoms. The van der Waals surface area contributed by atoms with Gasteiger partial charge in [-0.1, -0.05) is 27.2 Å². The zero-order valence-electron chi connectivity index (χ0n) is 10.8. The predicted octanol–water partition coefficient (Wildman–Crippen LogP) is 4.23. The van der Waals surface area contributed by atoms with Crippen LogP contribution in [0.4, 0.5) is 0 Å².